The molecule has 6 nitrogen and oxygen atoms in total. The van der Waals surface area contributed by atoms with Gasteiger partial charge < -0.3 is 10.2 Å². The molecular weight excluding hydrogens is 409 g/mol. The zero-order valence-electron chi connectivity index (χ0n) is 13.5. The van der Waals surface area contributed by atoms with Crippen molar-refractivity contribution in [3.8, 4) is 0 Å². The third kappa shape index (κ3) is 4.40. The fraction of sp³-hybridized carbons (Fsp3) is 0.533. The van der Waals surface area contributed by atoms with E-state index in [1.165, 1.54) is 16.4 Å². The molecule has 1 N–H and O–H groups in total. The number of nitrogens with one attached hydrogen (secondary N) is 1. The van der Waals surface area contributed by atoms with Crippen molar-refractivity contribution in [2.24, 2.45) is 0 Å². The minimum Gasteiger partial charge on any atom is -0.336 e. The minimum absolute atomic E-state index is 0. The fourth-order valence-electron chi connectivity index (χ4n) is 3.21. The summed E-state index contributed by atoms with van der Waals surface area (Å²) in [5, 5.41) is 3.50. The van der Waals surface area contributed by atoms with Gasteiger partial charge in [-0.05, 0) is 31.0 Å². The Morgan fingerprint density at radius 3 is 2.68 bits per heavy atom. The Morgan fingerprint density at radius 1 is 1.20 bits per heavy atom. The number of benzene rings is 1. The van der Waals surface area contributed by atoms with Crippen molar-refractivity contribution in [2.45, 2.75) is 23.8 Å². The number of sulfonamides is 1. The zero-order valence-corrected chi connectivity index (χ0v) is 16.6. The molecule has 0 bridgehead atoms. The third-order valence-electron chi connectivity index (χ3n) is 4.44. The van der Waals surface area contributed by atoms with Gasteiger partial charge in [0.2, 0.25) is 15.9 Å². The molecule has 2 saturated heterocycles. The second kappa shape index (κ2) is 8.41. The summed E-state index contributed by atoms with van der Waals surface area (Å²) in [4.78, 5) is 13.9. The van der Waals surface area contributed by atoms with E-state index in [1.807, 2.05) is 0 Å². The number of hydrogen-bond acceptors (Lipinski definition) is 4. The molecule has 1 aromatic carbocycles. The van der Waals surface area contributed by atoms with E-state index in [2.05, 4.69) is 5.32 Å². The standard InChI is InChI=1S/C15H19Cl2N3O3S.ClH/c16-11-3-4-13(17)14(8-11)24(22,23)19-6-1-2-12(10-19)20-7-5-18-9-15(20)21;/h3-4,8,12,18H,1-2,5-7,9-10H2;1H. The van der Waals surface area contributed by atoms with Crippen molar-refractivity contribution in [3.05, 3.63) is 28.2 Å². The Hall–Kier alpha value is -0.570. The fourth-order valence-corrected chi connectivity index (χ4v) is 5.47. The van der Waals surface area contributed by atoms with Crippen molar-refractivity contribution < 1.29 is 13.2 Å². The van der Waals surface area contributed by atoms with Gasteiger partial charge >= 0.3 is 0 Å². The number of carbonyl (C=O) groups is 1. The van der Waals surface area contributed by atoms with Crippen LogP contribution in [0.4, 0.5) is 0 Å². The molecule has 0 saturated carbocycles. The Morgan fingerprint density at radius 2 is 1.96 bits per heavy atom. The van der Waals surface area contributed by atoms with Crippen LogP contribution in [0.25, 0.3) is 0 Å². The first-order valence-corrected chi connectivity index (χ1v) is 10.0. The highest BCUT2D eigenvalue weighted by molar-refractivity contribution is 7.89. The Kier molecular flexibility index (Phi) is 6.98. The highest BCUT2D eigenvalue weighted by atomic mass is 35.5. The molecule has 1 unspecified atom stereocenters. The van der Waals surface area contributed by atoms with Gasteiger partial charge in [0.05, 0.1) is 11.6 Å². The number of piperidine rings is 1. The normalized spacial score (nSPS) is 22.6. The van der Waals surface area contributed by atoms with Gasteiger partial charge in [0.15, 0.2) is 0 Å². The van der Waals surface area contributed by atoms with E-state index in [1.54, 1.807) is 11.0 Å². The molecule has 2 aliphatic heterocycles. The SMILES string of the molecule is Cl.O=C1CNCCN1C1CCCN(S(=O)(=O)c2cc(Cl)ccc2Cl)C1. The molecule has 1 atom stereocenters. The highest BCUT2D eigenvalue weighted by Crippen LogP contribution is 2.30. The van der Waals surface area contributed by atoms with Gasteiger partial charge in [-0.25, -0.2) is 8.42 Å². The topological polar surface area (TPSA) is 69.7 Å². The Labute approximate surface area is 163 Å². The molecule has 0 radical (unpaired) electrons. The van der Waals surface area contributed by atoms with E-state index in [-0.39, 0.29) is 40.8 Å². The quantitative estimate of drug-likeness (QED) is 0.799. The zero-order chi connectivity index (χ0) is 17.3. The summed E-state index contributed by atoms with van der Waals surface area (Å²) in [6.45, 7) is 2.35. The van der Waals surface area contributed by atoms with Crippen LogP contribution in [0.2, 0.25) is 10.0 Å². The van der Waals surface area contributed by atoms with Crippen LogP contribution in [0.1, 0.15) is 12.8 Å². The van der Waals surface area contributed by atoms with E-state index in [0.29, 0.717) is 31.1 Å². The average Bonchev–Trinajstić information content (AvgIpc) is 2.57. The van der Waals surface area contributed by atoms with Crippen LogP contribution in [0.15, 0.2) is 23.1 Å². The molecule has 0 spiro atoms. The van der Waals surface area contributed by atoms with Gasteiger partial charge in [0.1, 0.15) is 4.90 Å². The molecule has 10 heteroatoms. The summed E-state index contributed by atoms with van der Waals surface area (Å²) in [6, 6.07) is 4.32. The van der Waals surface area contributed by atoms with E-state index < -0.39 is 10.0 Å². The first-order valence-electron chi connectivity index (χ1n) is 7.85. The van der Waals surface area contributed by atoms with Crippen LogP contribution in [0.5, 0.6) is 0 Å². The first kappa shape index (κ1) is 20.7. The Bertz CT molecular complexity index is 745. The van der Waals surface area contributed by atoms with Gasteiger partial charge in [-0.15, -0.1) is 12.4 Å². The van der Waals surface area contributed by atoms with Gasteiger partial charge in [-0.1, -0.05) is 23.2 Å². The number of piperazine rings is 1. The molecule has 1 aromatic rings. The smallest absolute Gasteiger partial charge is 0.244 e. The van der Waals surface area contributed by atoms with Crippen LogP contribution in [-0.4, -0.2) is 62.3 Å². The summed E-state index contributed by atoms with van der Waals surface area (Å²) < 4.78 is 27.3. The lowest BCUT2D eigenvalue weighted by Gasteiger charge is -2.40. The number of amides is 1. The van der Waals surface area contributed by atoms with Crippen molar-refractivity contribution in [1.29, 1.82) is 0 Å². The second-order valence-corrected chi connectivity index (χ2v) is 8.75. The van der Waals surface area contributed by atoms with Crippen LogP contribution in [0, 0.1) is 0 Å². The lowest BCUT2D eigenvalue weighted by atomic mass is 10.1. The average molecular weight is 429 g/mol. The van der Waals surface area contributed by atoms with E-state index in [0.717, 1.165) is 13.0 Å². The molecule has 1 amide bonds. The maximum atomic E-state index is 12.9. The molecular formula is C15H20Cl3N3O3S. The minimum atomic E-state index is -3.74. The number of rotatable bonds is 3. The highest BCUT2D eigenvalue weighted by Gasteiger charge is 2.35. The third-order valence-corrected chi connectivity index (χ3v) is 7.02. The Balaban J connectivity index is 0.00000225. The lowest BCUT2D eigenvalue weighted by molar-refractivity contribution is -0.135. The second-order valence-electron chi connectivity index (χ2n) is 6.00. The molecule has 0 aromatic heterocycles. The summed E-state index contributed by atoms with van der Waals surface area (Å²) >= 11 is 12.0. The number of halogens is 3. The van der Waals surface area contributed by atoms with Crippen LogP contribution in [0.3, 0.4) is 0 Å². The van der Waals surface area contributed by atoms with E-state index >= 15 is 0 Å². The predicted molar refractivity (Wildman–Crippen MR) is 100 cm³/mol. The largest absolute Gasteiger partial charge is 0.336 e. The van der Waals surface area contributed by atoms with Crippen LogP contribution in [-0.2, 0) is 14.8 Å². The van der Waals surface area contributed by atoms with Crippen molar-refractivity contribution >= 4 is 51.5 Å². The van der Waals surface area contributed by atoms with Crippen molar-refractivity contribution in [3.63, 3.8) is 0 Å². The molecule has 3 rings (SSSR count). The molecule has 25 heavy (non-hydrogen) atoms. The lowest BCUT2D eigenvalue weighted by Crippen LogP contribution is -2.57. The van der Waals surface area contributed by atoms with Crippen molar-refractivity contribution in [1.82, 2.24) is 14.5 Å². The van der Waals surface area contributed by atoms with E-state index in [9.17, 15) is 13.2 Å². The van der Waals surface area contributed by atoms with Crippen molar-refractivity contribution in [2.75, 3.05) is 32.7 Å². The van der Waals surface area contributed by atoms with Gasteiger partial charge in [-0.3, -0.25) is 4.79 Å². The van der Waals surface area contributed by atoms with Crippen LogP contribution < -0.4 is 5.32 Å². The number of nitrogens with zero attached hydrogens (tertiary/aromatic N) is 2. The summed E-state index contributed by atoms with van der Waals surface area (Å²) in [5.41, 5.74) is 0. The number of hydrogen-bond donors (Lipinski definition) is 1. The summed E-state index contributed by atoms with van der Waals surface area (Å²) in [5.74, 6) is 0.0197. The summed E-state index contributed by atoms with van der Waals surface area (Å²) in [6.07, 6.45) is 1.51. The predicted octanol–water partition coefficient (Wildman–Crippen LogP) is 2.00. The van der Waals surface area contributed by atoms with Gasteiger partial charge in [0.25, 0.3) is 0 Å². The molecule has 0 aliphatic carbocycles. The molecule has 2 fully saturated rings. The monoisotopic (exact) mass is 427 g/mol. The maximum Gasteiger partial charge on any atom is 0.244 e. The van der Waals surface area contributed by atoms with Gasteiger partial charge in [0, 0.05) is 37.2 Å². The van der Waals surface area contributed by atoms with Crippen LogP contribution >= 0.6 is 35.6 Å². The molecule has 2 heterocycles. The van der Waals surface area contributed by atoms with E-state index in [4.69, 9.17) is 23.2 Å². The maximum absolute atomic E-state index is 12.9. The molecule has 2 aliphatic rings. The number of carbonyl (C=O) groups excluding carboxylic acids is 1. The van der Waals surface area contributed by atoms with Gasteiger partial charge in [-0.2, -0.15) is 4.31 Å². The first-order chi connectivity index (χ1) is 11.4. The molecule has 140 valence electrons. The summed E-state index contributed by atoms with van der Waals surface area (Å²) in [7, 11) is -3.74.